The average molecular weight is 336 g/mol. The summed E-state index contributed by atoms with van der Waals surface area (Å²) in [5, 5.41) is 11.8. The number of nitrogens with zero attached hydrogens (tertiary/aromatic N) is 1. The van der Waals surface area contributed by atoms with Crippen LogP contribution in [0, 0.1) is 5.92 Å². The van der Waals surface area contributed by atoms with Crippen LogP contribution in [0.15, 0.2) is 24.3 Å². The van der Waals surface area contributed by atoms with Gasteiger partial charge in [0.05, 0.1) is 12.5 Å². The van der Waals surface area contributed by atoms with Crippen molar-refractivity contribution in [2.45, 2.75) is 19.4 Å². The summed E-state index contributed by atoms with van der Waals surface area (Å²) in [7, 11) is 1.62. The number of amides is 2. The van der Waals surface area contributed by atoms with Gasteiger partial charge >= 0.3 is 12.0 Å². The number of aliphatic carboxylic acids is 1. The first kappa shape index (κ1) is 18.1. The van der Waals surface area contributed by atoms with Crippen molar-refractivity contribution in [3.63, 3.8) is 0 Å². The van der Waals surface area contributed by atoms with Crippen molar-refractivity contribution in [1.82, 2.24) is 10.2 Å². The number of piperidine rings is 1. The second-order valence-electron chi connectivity index (χ2n) is 5.74. The molecule has 0 atom stereocenters. The third-order valence-electron chi connectivity index (χ3n) is 4.05. The Kier molecular flexibility index (Phi) is 6.87. The van der Waals surface area contributed by atoms with E-state index in [9.17, 15) is 9.59 Å². The number of benzene rings is 1. The van der Waals surface area contributed by atoms with Crippen molar-refractivity contribution in [3.8, 4) is 5.75 Å². The van der Waals surface area contributed by atoms with Gasteiger partial charge in [0.25, 0.3) is 0 Å². The smallest absolute Gasteiger partial charge is 0.317 e. The van der Waals surface area contributed by atoms with Crippen LogP contribution in [0.25, 0.3) is 0 Å². The molecule has 7 nitrogen and oxygen atoms in total. The van der Waals surface area contributed by atoms with E-state index in [1.807, 2.05) is 24.3 Å². The molecule has 0 radical (unpaired) electrons. The third kappa shape index (κ3) is 5.42. The Morgan fingerprint density at radius 3 is 2.46 bits per heavy atom. The summed E-state index contributed by atoms with van der Waals surface area (Å²) in [6.07, 6.45) is 1.02. The Morgan fingerprint density at radius 2 is 1.88 bits per heavy atom. The summed E-state index contributed by atoms with van der Waals surface area (Å²) in [5.41, 5.74) is 0.975. The van der Waals surface area contributed by atoms with Crippen LogP contribution in [0.3, 0.4) is 0 Å². The van der Waals surface area contributed by atoms with E-state index < -0.39 is 5.97 Å². The van der Waals surface area contributed by atoms with Crippen molar-refractivity contribution in [3.05, 3.63) is 29.8 Å². The molecule has 1 saturated heterocycles. The van der Waals surface area contributed by atoms with Gasteiger partial charge in [-0.15, -0.1) is 0 Å². The molecule has 2 rings (SSSR count). The zero-order valence-electron chi connectivity index (χ0n) is 13.9. The fraction of sp³-hybridized carbons (Fsp3) is 0.529. The highest BCUT2D eigenvalue weighted by Crippen LogP contribution is 2.17. The molecule has 1 aliphatic rings. The zero-order valence-corrected chi connectivity index (χ0v) is 13.9. The lowest BCUT2D eigenvalue weighted by molar-refractivity contribution is -0.143. The first-order valence-corrected chi connectivity index (χ1v) is 8.06. The van der Waals surface area contributed by atoms with Gasteiger partial charge in [-0.05, 0) is 30.5 Å². The molecule has 1 fully saturated rings. The first-order valence-electron chi connectivity index (χ1n) is 8.06. The normalized spacial score (nSPS) is 15.1. The largest absolute Gasteiger partial charge is 0.491 e. The molecule has 1 aliphatic heterocycles. The van der Waals surface area contributed by atoms with Crippen molar-refractivity contribution < 1.29 is 24.2 Å². The molecule has 132 valence electrons. The molecule has 0 spiro atoms. The molecule has 0 aromatic heterocycles. The Hall–Kier alpha value is -2.28. The van der Waals surface area contributed by atoms with Gasteiger partial charge in [0.2, 0.25) is 0 Å². The van der Waals surface area contributed by atoms with Gasteiger partial charge in [-0.3, -0.25) is 4.79 Å². The number of hydrogen-bond donors (Lipinski definition) is 2. The molecule has 1 heterocycles. The van der Waals surface area contributed by atoms with Crippen LogP contribution in [0.1, 0.15) is 18.4 Å². The van der Waals surface area contributed by atoms with Crippen LogP contribution in [0.5, 0.6) is 5.75 Å². The lowest BCUT2D eigenvalue weighted by Crippen LogP contribution is -2.45. The van der Waals surface area contributed by atoms with Gasteiger partial charge in [0.1, 0.15) is 12.4 Å². The van der Waals surface area contributed by atoms with Crippen LogP contribution in [-0.2, 0) is 16.1 Å². The van der Waals surface area contributed by atoms with Crippen molar-refractivity contribution >= 4 is 12.0 Å². The molecule has 0 saturated carbocycles. The van der Waals surface area contributed by atoms with Crippen LogP contribution in [-0.4, -0.2) is 55.4 Å². The van der Waals surface area contributed by atoms with E-state index in [1.54, 1.807) is 12.0 Å². The summed E-state index contributed by atoms with van der Waals surface area (Å²) in [6, 6.07) is 7.36. The summed E-state index contributed by atoms with van der Waals surface area (Å²) in [5.74, 6) is -0.347. The van der Waals surface area contributed by atoms with Crippen LogP contribution in [0.2, 0.25) is 0 Å². The topological polar surface area (TPSA) is 88.1 Å². The second kappa shape index (κ2) is 9.12. The number of methoxy groups -OCH3 is 1. The summed E-state index contributed by atoms with van der Waals surface area (Å²) in [4.78, 5) is 24.7. The minimum atomic E-state index is -0.775. The standard InChI is InChI=1S/C17H24N2O5/c1-23-10-11-24-15-4-2-13(3-5-15)12-18-17(22)19-8-6-14(7-9-19)16(20)21/h2-5,14H,6-12H2,1H3,(H,18,22)(H,20,21). The van der Waals surface area contributed by atoms with Gasteiger partial charge in [0, 0.05) is 26.7 Å². The van der Waals surface area contributed by atoms with Gasteiger partial charge in [-0.1, -0.05) is 12.1 Å². The average Bonchev–Trinajstić information content (AvgIpc) is 2.61. The second-order valence-corrected chi connectivity index (χ2v) is 5.74. The van der Waals surface area contributed by atoms with E-state index in [-0.39, 0.29) is 11.9 Å². The summed E-state index contributed by atoms with van der Waals surface area (Å²) < 4.78 is 10.4. The number of rotatable bonds is 7. The highest BCUT2D eigenvalue weighted by molar-refractivity contribution is 5.75. The van der Waals surface area contributed by atoms with Gasteiger partial charge in [0.15, 0.2) is 0 Å². The summed E-state index contributed by atoms with van der Waals surface area (Å²) in [6.45, 7) is 2.43. The Balaban J connectivity index is 1.73. The maximum absolute atomic E-state index is 12.1. The molecule has 0 aliphatic carbocycles. The maximum atomic E-state index is 12.1. The van der Waals surface area contributed by atoms with E-state index >= 15 is 0 Å². The molecular weight excluding hydrogens is 312 g/mol. The quantitative estimate of drug-likeness (QED) is 0.740. The van der Waals surface area contributed by atoms with Crippen molar-refractivity contribution in [2.24, 2.45) is 5.92 Å². The molecule has 2 amide bonds. The lowest BCUT2D eigenvalue weighted by atomic mass is 9.97. The van der Waals surface area contributed by atoms with Crippen LogP contribution < -0.4 is 10.1 Å². The minimum Gasteiger partial charge on any atom is -0.491 e. The summed E-state index contributed by atoms with van der Waals surface area (Å²) >= 11 is 0. The number of carboxylic acids is 1. The highest BCUT2D eigenvalue weighted by atomic mass is 16.5. The monoisotopic (exact) mass is 336 g/mol. The van der Waals surface area contributed by atoms with Gasteiger partial charge in [-0.25, -0.2) is 4.79 Å². The predicted molar refractivity (Wildman–Crippen MR) is 88.0 cm³/mol. The van der Waals surface area contributed by atoms with E-state index in [0.29, 0.717) is 45.7 Å². The molecule has 0 bridgehead atoms. The van der Waals surface area contributed by atoms with Crippen molar-refractivity contribution in [2.75, 3.05) is 33.4 Å². The van der Waals surface area contributed by atoms with Crippen LogP contribution >= 0.6 is 0 Å². The highest BCUT2D eigenvalue weighted by Gasteiger charge is 2.26. The molecule has 24 heavy (non-hydrogen) atoms. The predicted octanol–water partition coefficient (Wildman–Crippen LogP) is 1.72. The number of ether oxygens (including phenoxy) is 2. The van der Waals surface area contributed by atoms with Gasteiger partial charge in [-0.2, -0.15) is 0 Å². The number of likely N-dealkylation sites (tertiary alicyclic amines) is 1. The first-order chi connectivity index (χ1) is 11.6. The number of carbonyl (C=O) groups excluding carboxylic acids is 1. The Morgan fingerprint density at radius 1 is 1.21 bits per heavy atom. The van der Waals surface area contributed by atoms with E-state index in [1.165, 1.54) is 0 Å². The molecule has 7 heteroatoms. The van der Waals surface area contributed by atoms with Gasteiger partial charge < -0.3 is 24.8 Å². The number of carbonyl (C=O) groups is 2. The molecule has 1 aromatic carbocycles. The SMILES string of the molecule is COCCOc1ccc(CNC(=O)N2CCC(C(=O)O)CC2)cc1. The molecule has 0 unspecified atom stereocenters. The van der Waals surface area contributed by atoms with E-state index in [0.717, 1.165) is 11.3 Å². The fourth-order valence-electron chi connectivity index (χ4n) is 2.57. The maximum Gasteiger partial charge on any atom is 0.317 e. The fourth-order valence-corrected chi connectivity index (χ4v) is 2.57. The molecule has 2 N–H and O–H groups in total. The molecular formula is C17H24N2O5. The number of hydrogen-bond acceptors (Lipinski definition) is 4. The van der Waals surface area contributed by atoms with E-state index in [2.05, 4.69) is 5.32 Å². The third-order valence-corrected chi connectivity index (χ3v) is 4.05. The zero-order chi connectivity index (χ0) is 17.4. The Labute approximate surface area is 141 Å². The Bertz CT molecular complexity index is 538. The lowest BCUT2D eigenvalue weighted by Gasteiger charge is -2.30. The minimum absolute atomic E-state index is 0.153. The van der Waals surface area contributed by atoms with E-state index in [4.69, 9.17) is 14.6 Å². The van der Waals surface area contributed by atoms with Crippen LogP contribution in [0.4, 0.5) is 4.79 Å². The molecule has 1 aromatic rings. The number of carboxylic acid groups (broad SMARTS) is 1. The van der Waals surface area contributed by atoms with Crippen molar-refractivity contribution in [1.29, 1.82) is 0 Å². The number of urea groups is 1. The number of nitrogens with one attached hydrogen (secondary N) is 1.